The summed E-state index contributed by atoms with van der Waals surface area (Å²) in [6.07, 6.45) is -0.469. The number of hydrogen-bond acceptors (Lipinski definition) is 3. The topological polar surface area (TPSA) is 50.4 Å². The molecule has 4 heteroatoms. The van der Waals surface area contributed by atoms with Gasteiger partial charge in [0.2, 0.25) is 0 Å². The predicted molar refractivity (Wildman–Crippen MR) is 74.0 cm³/mol. The largest absolute Gasteiger partial charge is 0.443 e. The number of carbonyl (C=O) groups excluding carboxylic acids is 1. The number of carbonyl (C=O) groups is 1. The molecule has 0 atom stereocenters. The third-order valence-electron chi connectivity index (χ3n) is 1.72. The zero-order valence-electron chi connectivity index (χ0n) is 11.9. The van der Waals surface area contributed by atoms with E-state index in [1.54, 1.807) is 0 Å². The maximum Gasteiger partial charge on any atom is 0.422 e. The maximum absolute atomic E-state index is 11.3. The van der Waals surface area contributed by atoms with Crippen LogP contribution >= 0.6 is 0 Å². The van der Waals surface area contributed by atoms with Crippen LogP contribution in [0.3, 0.4) is 0 Å². The molecule has 2 N–H and O–H groups in total. The molecular weight excluding hydrogens is 228 g/mol. The summed E-state index contributed by atoms with van der Waals surface area (Å²) in [5.74, 6) is 0. The van der Waals surface area contributed by atoms with Crippen LogP contribution in [-0.2, 0) is 11.3 Å². The van der Waals surface area contributed by atoms with E-state index in [9.17, 15) is 4.79 Å². The van der Waals surface area contributed by atoms with Crippen LogP contribution in [0.25, 0.3) is 0 Å². The average Bonchev–Trinajstić information content (AvgIpc) is 2.31. The highest BCUT2D eigenvalue weighted by Gasteiger charge is 2.15. The third-order valence-corrected chi connectivity index (χ3v) is 1.72. The maximum atomic E-state index is 11.3. The minimum Gasteiger partial charge on any atom is -0.443 e. The summed E-state index contributed by atoms with van der Waals surface area (Å²) in [5.41, 5.74) is 5.90. The summed E-state index contributed by atoms with van der Waals surface area (Å²) in [6.45, 7) is 10.0. The van der Waals surface area contributed by atoms with Crippen LogP contribution in [0.4, 0.5) is 4.79 Å². The van der Waals surface area contributed by atoms with Gasteiger partial charge in [0.15, 0.2) is 0 Å². The quantitative estimate of drug-likeness (QED) is 0.812. The molecule has 0 heterocycles. The van der Waals surface area contributed by atoms with Crippen LogP contribution in [-0.4, -0.2) is 11.7 Å². The van der Waals surface area contributed by atoms with Crippen LogP contribution in [0.1, 0.15) is 40.2 Å². The number of nitrogens with one attached hydrogen (secondary N) is 2. The Bertz CT molecular complexity index is 331. The summed E-state index contributed by atoms with van der Waals surface area (Å²) in [6, 6.07) is 9.80. The first-order valence-corrected chi connectivity index (χ1v) is 6.23. The van der Waals surface area contributed by atoms with Crippen LogP contribution in [0.2, 0.25) is 0 Å². The van der Waals surface area contributed by atoms with E-state index in [1.807, 2.05) is 65.0 Å². The first-order valence-electron chi connectivity index (χ1n) is 6.23. The molecule has 0 fully saturated rings. The van der Waals surface area contributed by atoms with E-state index >= 15 is 0 Å². The normalized spacial score (nSPS) is 10.1. The van der Waals surface area contributed by atoms with Crippen molar-refractivity contribution in [2.45, 2.75) is 46.8 Å². The van der Waals surface area contributed by atoms with E-state index in [0.717, 1.165) is 5.56 Å². The zero-order chi connectivity index (χ0) is 14.0. The SMILES string of the molecule is CC.CC(C)(C)OC(=O)NNCc1ccccc1. The lowest BCUT2D eigenvalue weighted by molar-refractivity contribution is 0.0497. The first kappa shape index (κ1) is 16.4. The molecule has 1 rings (SSSR count). The summed E-state index contributed by atoms with van der Waals surface area (Å²) in [4.78, 5) is 11.3. The molecule has 0 aromatic heterocycles. The second-order valence-corrected chi connectivity index (χ2v) is 4.47. The molecule has 0 spiro atoms. The molecule has 0 unspecified atom stereocenters. The van der Waals surface area contributed by atoms with Crippen molar-refractivity contribution in [1.82, 2.24) is 10.9 Å². The lowest BCUT2D eigenvalue weighted by atomic mass is 10.2. The van der Waals surface area contributed by atoms with Gasteiger partial charge < -0.3 is 4.74 Å². The predicted octanol–water partition coefficient (Wildman–Crippen LogP) is 3.24. The number of ether oxygens (including phenoxy) is 1. The summed E-state index contributed by atoms with van der Waals surface area (Å²) in [5, 5.41) is 0. The highest BCUT2D eigenvalue weighted by molar-refractivity contribution is 5.66. The van der Waals surface area contributed by atoms with E-state index < -0.39 is 11.7 Å². The zero-order valence-corrected chi connectivity index (χ0v) is 11.9. The van der Waals surface area contributed by atoms with E-state index in [1.165, 1.54) is 0 Å². The molecule has 0 saturated carbocycles. The molecule has 1 aromatic carbocycles. The van der Waals surface area contributed by atoms with Crippen molar-refractivity contribution < 1.29 is 9.53 Å². The second kappa shape index (κ2) is 8.53. The van der Waals surface area contributed by atoms with E-state index in [-0.39, 0.29) is 0 Å². The van der Waals surface area contributed by atoms with Gasteiger partial charge in [0.25, 0.3) is 0 Å². The van der Waals surface area contributed by atoms with Crippen molar-refractivity contribution in [3.63, 3.8) is 0 Å². The molecule has 1 aromatic rings. The van der Waals surface area contributed by atoms with Crippen molar-refractivity contribution >= 4 is 6.09 Å². The fraction of sp³-hybridized carbons (Fsp3) is 0.500. The average molecular weight is 252 g/mol. The van der Waals surface area contributed by atoms with Gasteiger partial charge in [0.1, 0.15) is 5.60 Å². The molecule has 1 amide bonds. The summed E-state index contributed by atoms with van der Waals surface area (Å²) in [7, 11) is 0. The van der Waals surface area contributed by atoms with Crippen LogP contribution in [0, 0.1) is 0 Å². The molecule has 102 valence electrons. The van der Waals surface area contributed by atoms with Gasteiger partial charge in [-0.3, -0.25) is 5.43 Å². The molecule has 18 heavy (non-hydrogen) atoms. The van der Waals surface area contributed by atoms with E-state index in [0.29, 0.717) is 6.54 Å². The van der Waals surface area contributed by atoms with Crippen molar-refractivity contribution in [2.75, 3.05) is 0 Å². The Kier molecular flexibility index (Phi) is 7.79. The van der Waals surface area contributed by atoms with Crippen LogP contribution in [0.15, 0.2) is 30.3 Å². The molecular formula is C14H24N2O2. The van der Waals surface area contributed by atoms with Crippen molar-refractivity contribution in [1.29, 1.82) is 0 Å². The number of benzene rings is 1. The smallest absolute Gasteiger partial charge is 0.422 e. The van der Waals surface area contributed by atoms with Gasteiger partial charge in [-0.05, 0) is 26.3 Å². The van der Waals surface area contributed by atoms with E-state index in [4.69, 9.17) is 4.74 Å². The standard InChI is InChI=1S/C12H18N2O2.C2H6/c1-12(2,3)16-11(15)14-13-9-10-7-5-4-6-8-10;1-2/h4-8,13H,9H2,1-3H3,(H,14,15);1-2H3. The van der Waals surface area contributed by atoms with Gasteiger partial charge in [0.05, 0.1) is 0 Å². The number of hydrogen-bond donors (Lipinski definition) is 2. The molecule has 0 aliphatic heterocycles. The summed E-state index contributed by atoms with van der Waals surface area (Å²) < 4.78 is 5.06. The van der Waals surface area contributed by atoms with Crippen molar-refractivity contribution in [3.8, 4) is 0 Å². The highest BCUT2D eigenvalue weighted by Crippen LogP contribution is 2.05. The molecule has 0 bridgehead atoms. The Morgan fingerprint density at radius 1 is 1.17 bits per heavy atom. The second-order valence-electron chi connectivity index (χ2n) is 4.47. The van der Waals surface area contributed by atoms with Gasteiger partial charge in [-0.2, -0.15) is 0 Å². The number of hydrazine groups is 1. The molecule has 4 nitrogen and oxygen atoms in total. The molecule has 0 aliphatic rings. The number of rotatable bonds is 3. The monoisotopic (exact) mass is 252 g/mol. The molecule has 0 saturated heterocycles. The fourth-order valence-electron chi connectivity index (χ4n) is 1.12. The summed E-state index contributed by atoms with van der Waals surface area (Å²) >= 11 is 0. The minimum absolute atomic E-state index is 0.469. The third kappa shape index (κ3) is 8.58. The Morgan fingerprint density at radius 2 is 1.72 bits per heavy atom. The van der Waals surface area contributed by atoms with Crippen molar-refractivity contribution in [3.05, 3.63) is 35.9 Å². The van der Waals surface area contributed by atoms with E-state index in [2.05, 4.69) is 10.9 Å². The van der Waals surface area contributed by atoms with Gasteiger partial charge in [-0.1, -0.05) is 44.2 Å². The fourth-order valence-corrected chi connectivity index (χ4v) is 1.12. The number of amides is 1. The van der Waals surface area contributed by atoms with Gasteiger partial charge >= 0.3 is 6.09 Å². The van der Waals surface area contributed by atoms with Crippen LogP contribution in [0.5, 0.6) is 0 Å². The molecule has 0 radical (unpaired) electrons. The van der Waals surface area contributed by atoms with Crippen molar-refractivity contribution in [2.24, 2.45) is 0 Å². The van der Waals surface area contributed by atoms with Crippen LogP contribution < -0.4 is 10.9 Å². The lowest BCUT2D eigenvalue weighted by Gasteiger charge is -2.19. The Morgan fingerprint density at radius 3 is 2.22 bits per heavy atom. The van der Waals surface area contributed by atoms with Gasteiger partial charge in [-0.15, -0.1) is 0 Å². The minimum atomic E-state index is -0.474. The first-order chi connectivity index (χ1) is 8.47. The van der Waals surface area contributed by atoms with Gasteiger partial charge in [-0.25, -0.2) is 10.2 Å². The molecule has 0 aliphatic carbocycles. The Labute approximate surface area is 110 Å². The lowest BCUT2D eigenvalue weighted by Crippen LogP contribution is -2.40. The Balaban J connectivity index is 0.00000137. The van der Waals surface area contributed by atoms with Gasteiger partial charge in [0, 0.05) is 6.54 Å². The Hall–Kier alpha value is -1.55. The highest BCUT2D eigenvalue weighted by atomic mass is 16.6.